The van der Waals surface area contributed by atoms with Gasteiger partial charge in [-0.1, -0.05) is 86.1 Å². The van der Waals surface area contributed by atoms with Crippen molar-refractivity contribution in [2.45, 2.75) is 36.3 Å². The van der Waals surface area contributed by atoms with E-state index in [-0.39, 0.29) is 11.5 Å². The summed E-state index contributed by atoms with van der Waals surface area (Å²) in [7, 11) is 0. The molecule has 4 aromatic carbocycles. The molecule has 1 heterocycles. The van der Waals surface area contributed by atoms with Crippen LogP contribution < -0.4 is 5.32 Å². The van der Waals surface area contributed by atoms with Gasteiger partial charge >= 0.3 is 5.97 Å². The molecule has 42 heavy (non-hydrogen) atoms. The fourth-order valence-electron chi connectivity index (χ4n) is 4.58. The number of amides is 1. The van der Waals surface area contributed by atoms with Crippen molar-refractivity contribution in [2.24, 2.45) is 4.99 Å². The third-order valence-corrected chi connectivity index (χ3v) is 8.75. The Labute approximate surface area is 253 Å². The number of nitrogens with zero attached hydrogens (tertiary/aromatic N) is 1. The Balaban J connectivity index is 1.19. The van der Waals surface area contributed by atoms with Crippen LogP contribution in [0.1, 0.15) is 42.4 Å². The van der Waals surface area contributed by atoms with E-state index in [0.29, 0.717) is 28.6 Å². The van der Waals surface area contributed by atoms with Crippen LogP contribution >= 0.6 is 23.5 Å². The summed E-state index contributed by atoms with van der Waals surface area (Å²) in [5, 5.41) is 12.8. The SMILES string of the molecule is CCCC(C(=O)O)c1ccc(NC2=NC(=O)/C(=C/c3ccc(-c4ccc(SCc5ccccc5)cc4)cc3)S2)cc1F. The number of nitrogens with one attached hydrogen (secondary N) is 1. The highest BCUT2D eigenvalue weighted by Gasteiger charge is 2.24. The second-order valence-corrected chi connectivity index (χ2v) is 11.9. The molecule has 8 heteroatoms. The van der Waals surface area contributed by atoms with E-state index in [1.54, 1.807) is 23.9 Å². The van der Waals surface area contributed by atoms with Crippen molar-refractivity contribution < 1.29 is 19.1 Å². The van der Waals surface area contributed by atoms with Crippen LogP contribution in [0.5, 0.6) is 0 Å². The molecule has 1 unspecified atom stereocenters. The van der Waals surface area contributed by atoms with Crippen molar-refractivity contribution in [1.29, 1.82) is 0 Å². The number of thioether (sulfide) groups is 2. The number of carbonyl (C=O) groups is 2. The summed E-state index contributed by atoms with van der Waals surface area (Å²) in [4.78, 5) is 29.8. The molecule has 1 aliphatic heterocycles. The molecule has 1 atom stereocenters. The van der Waals surface area contributed by atoms with Crippen molar-refractivity contribution in [2.75, 3.05) is 5.32 Å². The fourth-order valence-corrected chi connectivity index (χ4v) is 6.27. The van der Waals surface area contributed by atoms with E-state index < -0.39 is 17.7 Å². The molecule has 0 aliphatic carbocycles. The highest BCUT2D eigenvalue weighted by molar-refractivity contribution is 8.18. The number of carbonyl (C=O) groups excluding carboxylic acids is 1. The van der Waals surface area contributed by atoms with Crippen LogP contribution in [0.2, 0.25) is 0 Å². The summed E-state index contributed by atoms with van der Waals surface area (Å²) >= 11 is 2.98. The van der Waals surface area contributed by atoms with E-state index in [1.807, 2.05) is 37.3 Å². The summed E-state index contributed by atoms with van der Waals surface area (Å²) in [5.41, 5.74) is 4.90. The minimum atomic E-state index is -1.05. The highest BCUT2D eigenvalue weighted by Crippen LogP contribution is 2.32. The number of hydrogen-bond acceptors (Lipinski definition) is 5. The molecule has 212 valence electrons. The van der Waals surface area contributed by atoms with Crippen LogP contribution in [0.25, 0.3) is 17.2 Å². The van der Waals surface area contributed by atoms with E-state index in [2.05, 4.69) is 58.8 Å². The maximum atomic E-state index is 14.7. The van der Waals surface area contributed by atoms with Gasteiger partial charge in [0.25, 0.3) is 5.91 Å². The van der Waals surface area contributed by atoms with Crippen LogP contribution in [0, 0.1) is 5.82 Å². The fraction of sp³-hybridized carbons (Fsp3) is 0.147. The van der Waals surface area contributed by atoms with Crippen molar-refractivity contribution in [3.05, 3.63) is 124 Å². The summed E-state index contributed by atoms with van der Waals surface area (Å²) in [6.45, 7) is 1.86. The Bertz CT molecular complexity index is 1640. The minimum absolute atomic E-state index is 0.147. The van der Waals surface area contributed by atoms with Gasteiger partial charge in [-0.25, -0.2) is 4.39 Å². The smallest absolute Gasteiger partial charge is 0.311 e. The predicted octanol–water partition coefficient (Wildman–Crippen LogP) is 8.84. The summed E-state index contributed by atoms with van der Waals surface area (Å²) < 4.78 is 14.7. The molecule has 4 aromatic rings. The van der Waals surface area contributed by atoms with Crippen molar-refractivity contribution in [1.82, 2.24) is 0 Å². The first kappa shape index (κ1) is 29.4. The predicted molar refractivity (Wildman–Crippen MR) is 171 cm³/mol. The van der Waals surface area contributed by atoms with Gasteiger partial charge in [-0.05, 0) is 70.8 Å². The number of aliphatic carboxylic acids is 1. The topological polar surface area (TPSA) is 78.8 Å². The third-order valence-electron chi connectivity index (χ3n) is 6.77. The van der Waals surface area contributed by atoms with Crippen LogP contribution in [-0.2, 0) is 15.3 Å². The second-order valence-electron chi connectivity index (χ2n) is 9.79. The standard InChI is InChI=1S/C34H29FN2O3S2/c1-2-6-29(33(39)40)28-18-15-26(20-30(28)35)36-34-37-32(38)31(42-34)19-22-9-11-24(12-10-22)25-13-16-27(17-14-25)41-21-23-7-4-3-5-8-23/h3-5,7-20,29H,2,6,21H2,1H3,(H,39,40)(H,36,37,38)/b31-19-. The molecule has 5 rings (SSSR count). The van der Waals surface area contributed by atoms with Gasteiger partial charge in [0.1, 0.15) is 5.82 Å². The van der Waals surface area contributed by atoms with Gasteiger partial charge < -0.3 is 10.4 Å². The van der Waals surface area contributed by atoms with Gasteiger partial charge in [-0.2, -0.15) is 4.99 Å². The molecule has 0 bridgehead atoms. The van der Waals surface area contributed by atoms with Crippen molar-refractivity contribution >= 4 is 52.3 Å². The minimum Gasteiger partial charge on any atom is -0.481 e. The number of aliphatic imine (C=N–C) groups is 1. The zero-order chi connectivity index (χ0) is 29.5. The maximum absolute atomic E-state index is 14.7. The number of amidine groups is 1. The van der Waals surface area contributed by atoms with Gasteiger partial charge in [-0.3, -0.25) is 9.59 Å². The molecule has 0 saturated carbocycles. The average Bonchev–Trinajstić information content (AvgIpc) is 3.34. The van der Waals surface area contributed by atoms with E-state index in [1.165, 1.54) is 34.4 Å². The number of carboxylic acid groups (broad SMARTS) is 1. The lowest BCUT2D eigenvalue weighted by Gasteiger charge is -2.14. The summed E-state index contributed by atoms with van der Waals surface area (Å²) in [5.74, 6) is -2.00. The lowest BCUT2D eigenvalue weighted by molar-refractivity contribution is -0.139. The second kappa shape index (κ2) is 13.7. The molecule has 0 spiro atoms. The van der Waals surface area contributed by atoms with Gasteiger partial charge in [0, 0.05) is 21.9 Å². The van der Waals surface area contributed by atoms with E-state index >= 15 is 0 Å². The average molecular weight is 597 g/mol. The molecule has 0 radical (unpaired) electrons. The first-order valence-corrected chi connectivity index (χ1v) is 15.4. The van der Waals surface area contributed by atoms with Crippen LogP contribution in [-0.4, -0.2) is 22.2 Å². The number of anilines is 1. The molecule has 2 N–H and O–H groups in total. The zero-order valence-electron chi connectivity index (χ0n) is 22.9. The third kappa shape index (κ3) is 7.38. The quantitative estimate of drug-likeness (QED) is 0.141. The number of rotatable bonds is 10. The number of hydrogen-bond donors (Lipinski definition) is 2. The maximum Gasteiger partial charge on any atom is 0.311 e. The summed E-state index contributed by atoms with van der Waals surface area (Å²) in [6.07, 6.45) is 2.77. The monoisotopic (exact) mass is 596 g/mol. The van der Waals surface area contributed by atoms with Crippen LogP contribution in [0.3, 0.4) is 0 Å². The van der Waals surface area contributed by atoms with E-state index in [4.69, 9.17) is 0 Å². The molecular formula is C34H29FN2O3S2. The molecule has 5 nitrogen and oxygen atoms in total. The van der Waals surface area contributed by atoms with Gasteiger partial charge in [0.05, 0.1) is 10.8 Å². The number of carboxylic acids is 1. The lowest BCUT2D eigenvalue weighted by Crippen LogP contribution is -2.13. The highest BCUT2D eigenvalue weighted by atomic mass is 32.2. The number of benzene rings is 4. The Morgan fingerprint density at radius 2 is 1.69 bits per heavy atom. The molecule has 1 amide bonds. The molecule has 0 fully saturated rings. The Kier molecular flexibility index (Phi) is 9.56. The van der Waals surface area contributed by atoms with Crippen LogP contribution in [0.15, 0.2) is 112 Å². The first-order chi connectivity index (χ1) is 20.4. The molecule has 0 aromatic heterocycles. The normalized spacial score (nSPS) is 14.6. The molecule has 0 saturated heterocycles. The van der Waals surface area contributed by atoms with Crippen LogP contribution in [0.4, 0.5) is 10.1 Å². The Hall–Kier alpha value is -4.14. The van der Waals surface area contributed by atoms with Gasteiger partial charge in [-0.15, -0.1) is 11.8 Å². The van der Waals surface area contributed by atoms with Gasteiger partial charge in [0.2, 0.25) is 0 Å². The Morgan fingerprint density at radius 1 is 1.00 bits per heavy atom. The zero-order valence-corrected chi connectivity index (χ0v) is 24.6. The van der Waals surface area contributed by atoms with E-state index in [0.717, 1.165) is 22.4 Å². The van der Waals surface area contributed by atoms with Crippen molar-refractivity contribution in [3.8, 4) is 11.1 Å². The van der Waals surface area contributed by atoms with Gasteiger partial charge in [0.15, 0.2) is 5.17 Å². The first-order valence-electron chi connectivity index (χ1n) is 13.6. The molecule has 1 aliphatic rings. The van der Waals surface area contributed by atoms with E-state index in [9.17, 15) is 19.1 Å². The lowest BCUT2D eigenvalue weighted by atomic mass is 9.94. The molecular weight excluding hydrogens is 568 g/mol. The summed E-state index contributed by atoms with van der Waals surface area (Å²) in [6, 6.07) is 31.2. The van der Waals surface area contributed by atoms with Crippen molar-refractivity contribution in [3.63, 3.8) is 0 Å². The number of halogens is 1. The largest absolute Gasteiger partial charge is 0.481 e. The Morgan fingerprint density at radius 3 is 2.33 bits per heavy atom.